The minimum Gasteiger partial charge on any atom is -0.369 e. The highest BCUT2D eigenvalue weighted by Crippen LogP contribution is 2.48. The quantitative estimate of drug-likeness (QED) is 0.862. The average Bonchev–Trinajstić information content (AvgIpc) is 2.85. The number of piperidine rings is 1. The van der Waals surface area contributed by atoms with Crippen molar-refractivity contribution in [3.8, 4) is 0 Å². The molecule has 0 spiro atoms. The third-order valence-electron chi connectivity index (χ3n) is 3.98. The van der Waals surface area contributed by atoms with Crippen LogP contribution in [0.2, 0.25) is 0 Å². The second kappa shape index (κ2) is 4.07. The van der Waals surface area contributed by atoms with E-state index < -0.39 is 0 Å². The van der Waals surface area contributed by atoms with Crippen molar-refractivity contribution < 1.29 is 0 Å². The van der Waals surface area contributed by atoms with Crippen molar-refractivity contribution in [3.63, 3.8) is 0 Å². The van der Waals surface area contributed by atoms with Crippen LogP contribution in [0.5, 0.6) is 0 Å². The lowest BCUT2D eigenvalue weighted by Gasteiger charge is -2.22. The predicted octanol–water partition coefficient (Wildman–Crippen LogP) is 1.47. The Morgan fingerprint density at radius 3 is 2.89 bits per heavy atom. The molecule has 104 valence electrons. The van der Waals surface area contributed by atoms with Crippen LogP contribution in [-0.2, 0) is 0 Å². The summed E-state index contributed by atoms with van der Waals surface area (Å²) in [6, 6.07) is 2.03. The molecule has 1 aliphatic carbocycles. The first kappa shape index (κ1) is 12.7. The van der Waals surface area contributed by atoms with Crippen LogP contribution < -0.4 is 16.0 Å². The highest BCUT2D eigenvalue weighted by atomic mass is 15.3. The van der Waals surface area contributed by atoms with Gasteiger partial charge in [0.15, 0.2) is 0 Å². The van der Waals surface area contributed by atoms with Crippen molar-refractivity contribution in [1.82, 2.24) is 9.97 Å². The van der Waals surface area contributed by atoms with E-state index in [9.17, 15) is 0 Å². The largest absolute Gasteiger partial charge is 0.369 e. The fraction of sp³-hybridized carbons (Fsp3) is 0.714. The fourth-order valence-electron chi connectivity index (χ4n) is 2.67. The lowest BCUT2D eigenvalue weighted by atomic mass is 9.97. The van der Waals surface area contributed by atoms with Crippen LogP contribution in [0.3, 0.4) is 0 Å². The smallest absolute Gasteiger partial charge is 0.134 e. The first-order valence-corrected chi connectivity index (χ1v) is 6.96. The molecule has 2 unspecified atom stereocenters. The van der Waals surface area contributed by atoms with E-state index in [1.165, 1.54) is 6.42 Å². The molecule has 19 heavy (non-hydrogen) atoms. The number of hydrogen-bond donors (Lipinski definition) is 2. The van der Waals surface area contributed by atoms with E-state index in [0.717, 1.165) is 31.3 Å². The van der Waals surface area contributed by atoms with Gasteiger partial charge in [-0.1, -0.05) is 20.8 Å². The number of nitrogens with two attached hydrogens (primary N) is 1. The molecule has 0 aromatic carbocycles. The Bertz CT molecular complexity index is 481. The summed E-state index contributed by atoms with van der Waals surface area (Å²) in [5.41, 5.74) is 6.53. The standard InChI is InChI=1S/C14H23N5/c1-13(2,3)7-16-11-4-12(18-9-17-11)19-6-10-5-14(10,15)8-19/h4,9-10H,5-8,15H2,1-3H3,(H,16,17,18). The van der Waals surface area contributed by atoms with Gasteiger partial charge in [-0.25, -0.2) is 9.97 Å². The van der Waals surface area contributed by atoms with Gasteiger partial charge in [-0.2, -0.15) is 0 Å². The van der Waals surface area contributed by atoms with E-state index >= 15 is 0 Å². The Labute approximate surface area is 114 Å². The highest BCUT2D eigenvalue weighted by Gasteiger charge is 2.57. The maximum atomic E-state index is 6.23. The monoisotopic (exact) mass is 261 g/mol. The van der Waals surface area contributed by atoms with Crippen LogP contribution in [-0.4, -0.2) is 35.1 Å². The van der Waals surface area contributed by atoms with Crippen LogP contribution >= 0.6 is 0 Å². The van der Waals surface area contributed by atoms with Crippen molar-refractivity contribution in [1.29, 1.82) is 0 Å². The summed E-state index contributed by atoms with van der Waals surface area (Å²) in [6.07, 6.45) is 2.80. The summed E-state index contributed by atoms with van der Waals surface area (Å²) < 4.78 is 0. The molecule has 3 rings (SSSR count). The van der Waals surface area contributed by atoms with Crippen molar-refractivity contribution in [2.24, 2.45) is 17.1 Å². The van der Waals surface area contributed by atoms with Crippen LogP contribution in [0.1, 0.15) is 27.2 Å². The van der Waals surface area contributed by atoms with E-state index in [2.05, 4.69) is 41.0 Å². The van der Waals surface area contributed by atoms with Crippen LogP contribution in [0.4, 0.5) is 11.6 Å². The Kier molecular flexibility index (Phi) is 2.71. The molecular weight excluding hydrogens is 238 g/mol. The van der Waals surface area contributed by atoms with Gasteiger partial charge < -0.3 is 16.0 Å². The van der Waals surface area contributed by atoms with Crippen LogP contribution in [0.15, 0.2) is 12.4 Å². The number of rotatable bonds is 3. The topological polar surface area (TPSA) is 67.1 Å². The summed E-state index contributed by atoms with van der Waals surface area (Å²) in [6.45, 7) is 9.46. The molecule has 1 aromatic rings. The zero-order valence-corrected chi connectivity index (χ0v) is 12.0. The molecule has 2 fully saturated rings. The van der Waals surface area contributed by atoms with Gasteiger partial charge in [0, 0.05) is 31.2 Å². The summed E-state index contributed by atoms with van der Waals surface area (Å²) in [7, 11) is 0. The minimum atomic E-state index is 0.0595. The maximum absolute atomic E-state index is 6.23. The Morgan fingerprint density at radius 2 is 2.26 bits per heavy atom. The molecule has 0 radical (unpaired) electrons. The Balaban J connectivity index is 1.67. The van der Waals surface area contributed by atoms with Crippen molar-refractivity contribution in [2.45, 2.75) is 32.7 Å². The van der Waals surface area contributed by atoms with Gasteiger partial charge in [0.05, 0.1) is 0 Å². The number of aromatic nitrogens is 2. The first-order chi connectivity index (χ1) is 8.86. The van der Waals surface area contributed by atoms with Gasteiger partial charge in [0.25, 0.3) is 0 Å². The van der Waals surface area contributed by atoms with Crippen molar-refractivity contribution in [3.05, 3.63) is 12.4 Å². The Morgan fingerprint density at radius 1 is 1.47 bits per heavy atom. The molecule has 1 saturated heterocycles. The summed E-state index contributed by atoms with van der Waals surface area (Å²) in [5, 5.41) is 3.37. The lowest BCUT2D eigenvalue weighted by Crippen LogP contribution is -2.33. The van der Waals surface area contributed by atoms with Gasteiger partial charge in [-0.3, -0.25) is 0 Å². The summed E-state index contributed by atoms with van der Waals surface area (Å²) >= 11 is 0. The minimum absolute atomic E-state index is 0.0595. The Hall–Kier alpha value is -1.36. The molecule has 2 heterocycles. The molecular formula is C14H23N5. The molecule has 5 nitrogen and oxygen atoms in total. The molecule has 1 aromatic heterocycles. The number of hydrogen-bond acceptors (Lipinski definition) is 5. The zero-order chi connectivity index (χ0) is 13.7. The van der Waals surface area contributed by atoms with E-state index in [1.54, 1.807) is 6.33 Å². The van der Waals surface area contributed by atoms with Crippen molar-refractivity contribution >= 4 is 11.6 Å². The number of nitrogens with one attached hydrogen (secondary N) is 1. The maximum Gasteiger partial charge on any atom is 0.134 e. The van der Waals surface area contributed by atoms with Crippen LogP contribution in [0.25, 0.3) is 0 Å². The summed E-state index contributed by atoms with van der Waals surface area (Å²) in [4.78, 5) is 10.9. The summed E-state index contributed by atoms with van der Waals surface area (Å²) in [5.74, 6) is 2.54. The third-order valence-corrected chi connectivity index (χ3v) is 3.98. The predicted molar refractivity (Wildman–Crippen MR) is 77.2 cm³/mol. The van der Waals surface area contributed by atoms with Crippen LogP contribution in [0, 0.1) is 11.3 Å². The van der Waals surface area contributed by atoms with E-state index in [1.807, 2.05) is 6.07 Å². The molecule has 5 heteroatoms. The lowest BCUT2D eigenvalue weighted by molar-refractivity contribution is 0.442. The highest BCUT2D eigenvalue weighted by molar-refractivity contribution is 5.51. The van der Waals surface area contributed by atoms with Crippen molar-refractivity contribution in [2.75, 3.05) is 29.9 Å². The van der Waals surface area contributed by atoms with Gasteiger partial charge >= 0.3 is 0 Å². The molecule has 1 aliphatic heterocycles. The van der Waals surface area contributed by atoms with E-state index in [-0.39, 0.29) is 11.0 Å². The third kappa shape index (κ3) is 2.66. The van der Waals surface area contributed by atoms with Gasteiger partial charge in [0.1, 0.15) is 18.0 Å². The molecule has 2 aliphatic rings. The SMILES string of the molecule is CC(C)(C)CNc1cc(N2CC3CC3(N)C2)ncn1. The van der Waals surface area contributed by atoms with E-state index in [4.69, 9.17) is 5.73 Å². The van der Waals surface area contributed by atoms with Gasteiger partial charge in [0.2, 0.25) is 0 Å². The van der Waals surface area contributed by atoms with Gasteiger partial charge in [-0.15, -0.1) is 0 Å². The fourth-order valence-corrected chi connectivity index (χ4v) is 2.67. The van der Waals surface area contributed by atoms with E-state index in [0.29, 0.717) is 5.92 Å². The molecule has 3 N–H and O–H groups in total. The number of nitrogens with zero attached hydrogens (tertiary/aromatic N) is 3. The second-order valence-corrected chi connectivity index (χ2v) is 7.19. The van der Waals surface area contributed by atoms with Gasteiger partial charge in [-0.05, 0) is 17.8 Å². The molecule has 0 bridgehead atoms. The number of anilines is 2. The molecule has 1 saturated carbocycles. The molecule has 0 amide bonds. The number of fused-ring (bicyclic) bond motifs is 1. The zero-order valence-electron chi connectivity index (χ0n) is 12.0. The average molecular weight is 261 g/mol. The normalized spacial score (nSPS) is 29.3. The second-order valence-electron chi connectivity index (χ2n) is 7.19. The first-order valence-electron chi connectivity index (χ1n) is 6.96. The molecule has 2 atom stereocenters.